The molecule has 210 valence electrons. The van der Waals surface area contributed by atoms with Crippen molar-refractivity contribution in [2.45, 2.75) is 79.1 Å². The minimum atomic E-state index is -1.45. The molecule has 1 aromatic rings. The number of allylic oxidation sites excluding steroid dienone is 2. The maximum Gasteiger partial charge on any atom is 0.338 e. The van der Waals surface area contributed by atoms with Crippen molar-refractivity contribution < 1.29 is 38.2 Å². The Bertz CT molecular complexity index is 1190. The second-order valence-corrected chi connectivity index (χ2v) is 11.3. The molecule has 0 spiro atoms. The van der Waals surface area contributed by atoms with Gasteiger partial charge >= 0.3 is 17.9 Å². The standard InChI is InChI=1S/C31H38O8/c1-18-13-14-30(6,7)26(35)16-25(34)19(2)15-24-27(38-29(36)23-11-9-8-10-12-23)20(3)17-31(24,39-22(5)33)28(18)37-21(4)32/h8-15,18,20,24,27-28H,16-17H2,1-7H3/t18-,20+,24-,27-,28+,31+/m0/s1. The van der Waals surface area contributed by atoms with Gasteiger partial charge in [-0.25, -0.2) is 4.79 Å². The quantitative estimate of drug-likeness (QED) is 0.232. The van der Waals surface area contributed by atoms with Crippen LogP contribution in [0.1, 0.15) is 71.7 Å². The number of carbonyl (C=O) groups is 5. The van der Waals surface area contributed by atoms with Crippen LogP contribution in [0.25, 0.3) is 0 Å². The van der Waals surface area contributed by atoms with E-state index in [9.17, 15) is 24.0 Å². The summed E-state index contributed by atoms with van der Waals surface area (Å²) in [4.78, 5) is 64.3. The van der Waals surface area contributed by atoms with Crippen molar-refractivity contribution in [3.8, 4) is 0 Å². The Hall–Kier alpha value is -3.55. The Morgan fingerprint density at radius 3 is 2.18 bits per heavy atom. The molecule has 1 saturated carbocycles. The minimum Gasteiger partial charge on any atom is -0.458 e. The summed E-state index contributed by atoms with van der Waals surface area (Å²) >= 11 is 0. The monoisotopic (exact) mass is 538 g/mol. The highest BCUT2D eigenvalue weighted by atomic mass is 16.6. The van der Waals surface area contributed by atoms with Crippen LogP contribution in [0, 0.1) is 23.2 Å². The van der Waals surface area contributed by atoms with E-state index in [2.05, 4.69) is 0 Å². The third-order valence-corrected chi connectivity index (χ3v) is 7.68. The second-order valence-electron chi connectivity index (χ2n) is 11.3. The van der Waals surface area contributed by atoms with Crippen molar-refractivity contribution in [2.24, 2.45) is 23.2 Å². The third kappa shape index (κ3) is 6.54. The van der Waals surface area contributed by atoms with Gasteiger partial charge in [0.1, 0.15) is 18.0 Å². The van der Waals surface area contributed by atoms with Gasteiger partial charge in [-0.1, -0.05) is 50.3 Å². The normalized spacial score (nSPS) is 30.7. The van der Waals surface area contributed by atoms with Crippen molar-refractivity contribution in [3.63, 3.8) is 0 Å². The number of hydrogen-bond acceptors (Lipinski definition) is 8. The van der Waals surface area contributed by atoms with Crippen molar-refractivity contribution in [1.29, 1.82) is 0 Å². The third-order valence-electron chi connectivity index (χ3n) is 7.68. The summed E-state index contributed by atoms with van der Waals surface area (Å²) in [5, 5.41) is 0. The zero-order valence-electron chi connectivity index (χ0n) is 23.7. The Labute approximate surface area is 229 Å². The fraction of sp³-hybridized carbons (Fsp3) is 0.516. The molecule has 1 aromatic carbocycles. The van der Waals surface area contributed by atoms with Crippen molar-refractivity contribution >= 4 is 29.5 Å². The minimum absolute atomic E-state index is 0.209. The van der Waals surface area contributed by atoms with E-state index in [4.69, 9.17) is 14.2 Å². The number of esters is 3. The number of fused-ring (bicyclic) bond motifs is 1. The summed E-state index contributed by atoms with van der Waals surface area (Å²) in [5.41, 5.74) is -1.78. The molecule has 2 aliphatic carbocycles. The first kappa shape index (κ1) is 30.0. The predicted molar refractivity (Wildman–Crippen MR) is 143 cm³/mol. The maximum atomic E-state index is 13.2. The van der Waals surface area contributed by atoms with Gasteiger partial charge in [0.25, 0.3) is 0 Å². The average Bonchev–Trinajstić information content (AvgIpc) is 3.10. The van der Waals surface area contributed by atoms with Crippen LogP contribution in [-0.4, -0.2) is 47.3 Å². The lowest BCUT2D eigenvalue weighted by Gasteiger charge is -2.42. The van der Waals surface area contributed by atoms with Gasteiger partial charge in [0.05, 0.1) is 17.9 Å². The molecule has 1 fully saturated rings. The van der Waals surface area contributed by atoms with Crippen molar-refractivity contribution in [1.82, 2.24) is 0 Å². The van der Waals surface area contributed by atoms with Gasteiger partial charge in [0.15, 0.2) is 11.4 Å². The van der Waals surface area contributed by atoms with E-state index in [-0.39, 0.29) is 35.9 Å². The smallest absolute Gasteiger partial charge is 0.338 e. The Morgan fingerprint density at radius 1 is 0.949 bits per heavy atom. The van der Waals surface area contributed by atoms with Gasteiger partial charge < -0.3 is 14.2 Å². The molecule has 8 nitrogen and oxygen atoms in total. The van der Waals surface area contributed by atoms with Crippen LogP contribution in [0.15, 0.2) is 54.1 Å². The van der Waals surface area contributed by atoms with Crippen LogP contribution >= 0.6 is 0 Å². The Balaban J connectivity index is 2.24. The van der Waals surface area contributed by atoms with E-state index in [1.165, 1.54) is 13.8 Å². The number of carbonyl (C=O) groups excluding carboxylic acids is 5. The summed E-state index contributed by atoms with van der Waals surface area (Å²) in [7, 11) is 0. The molecule has 0 heterocycles. The van der Waals surface area contributed by atoms with E-state index in [1.807, 2.05) is 13.8 Å². The van der Waals surface area contributed by atoms with E-state index < -0.39 is 53.0 Å². The number of rotatable bonds is 4. The predicted octanol–water partition coefficient (Wildman–Crippen LogP) is 4.81. The summed E-state index contributed by atoms with van der Waals surface area (Å²) < 4.78 is 18.0. The van der Waals surface area contributed by atoms with Crippen LogP contribution in [0.4, 0.5) is 0 Å². The topological polar surface area (TPSA) is 113 Å². The number of ketones is 2. The maximum absolute atomic E-state index is 13.2. The largest absolute Gasteiger partial charge is 0.458 e. The summed E-state index contributed by atoms with van der Waals surface area (Å²) in [6, 6.07) is 8.50. The number of Topliss-reactive ketones (excluding diaryl/α,β-unsaturated/α-hetero) is 2. The first-order valence-electron chi connectivity index (χ1n) is 13.2. The molecular weight excluding hydrogens is 500 g/mol. The highest BCUT2D eigenvalue weighted by molar-refractivity contribution is 6.09. The fourth-order valence-electron chi connectivity index (χ4n) is 5.61. The van der Waals surface area contributed by atoms with E-state index in [1.54, 1.807) is 69.3 Å². The molecule has 8 heteroatoms. The zero-order valence-corrected chi connectivity index (χ0v) is 23.7. The molecule has 0 aliphatic heterocycles. The zero-order chi connectivity index (χ0) is 29.1. The summed E-state index contributed by atoms with van der Waals surface area (Å²) in [6.07, 6.45) is 3.17. The lowest BCUT2D eigenvalue weighted by molar-refractivity contribution is -0.195. The van der Waals surface area contributed by atoms with Crippen molar-refractivity contribution in [3.05, 3.63) is 59.7 Å². The molecule has 39 heavy (non-hydrogen) atoms. The Morgan fingerprint density at radius 2 is 1.59 bits per heavy atom. The second kappa shape index (κ2) is 11.7. The molecule has 0 radical (unpaired) electrons. The lowest BCUT2D eigenvalue weighted by Crippen LogP contribution is -2.55. The van der Waals surface area contributed by atoms with E-state index in [0.717, 1.165) is 0 Å². The van der Waals surface area contributed by atoms with Crippen LogP contribution in [-0.2, 0) is 33.4 Å². The van der Waals surface area contributed by atoms with Gasteiger partial charge in [-0.15, -0.1) is 0 Å². The van der Waals surface area contributed by atoms with Crippen LogP contribution < -0.4 is 0 Å². The van der Waals surface area contributed by atoms with Gasteiger partial charge in [-0.05, 0) is 50.8 Å². The first-order chi connectivity index (χ1) is 18.2. The Kier molecular flexibility index (Phi) is 8.98. The SMILES string of the molecule is CC(=O)O[C@@H]1[C@@H](C)C=CC(C)(C)C(=O)CC(=O)C(C)=C[C@H]2[C@@H](OC(=O)c3ccccc3)[C@H](C)C[C@]12OC(C)=O. The molecule has 0 saturated heterocycles. The number of benzene rings is 1. The van der Waals surface area contributed by atoms with Gasteiger partial charge in [-0.2, -0.15) is 0 Å². The van der Waals surface area contributed by atoms with Gasteiger partial charge in [0.2, 0.25) is 0 Å². The van der Waals surface area contributed by atoms with Gasteiger partial charge in [-0.3, -0.25) is 19.2 Å². The lowest BCUT2D eigenvalue weighted by atomic mass is 9.75. The highest BCUT2D eigenvalue weighted by Gasteiger charge is 2.62. The molecular formula is C31H38O8. The summed E-state index contributed by atoms with van der Waals surface area (Å²) in [6.45, 7) is 11.2. The average molecular weight is 539 g/mol. The highest BCUT2D eigenvalue weighted by Crippen LogP contribution is 2.50. The summed E-state index contributed by atoms with van der Waals surface area (Å²) in [5.74, 6) is -4.06. The molecule has 0 aromatic heterocycles. The molecule has 0 amide bonds. The van der Waals surface area contributed by atoms with Gasteiger partial charge in [0, 0.05) is 25.2 Å². The molecule has 0 unspecified atom stereocenters. The molecule has 0 bridgehead atoms. The van der Waals surface area contributed by atoms with E-state index >= 15 is 0 Å². The van der Waals surface area contributed by atoms with Crippen LogP contribution in [0.3, 0.4) is 0 Å². The van der Waals surface area contributed by atoms with Crippen molar-refractivity contribution in [2.75, 3.05) is 0 Å². The number of ether oxygens (including phenoxy) is 3. The van der Waals surface area contributed by atoms with Crippen LogP contribution in [0.5, 0.6) is 0 Å². The molecule has 6 atom stereocenters. The fourth-order valence-corrected chi connectivity index (χ4v) is 5.61. The molecule has 3 rings (SSSR count). The van der Waals surface area contributed by atoms with E-state index in [0.29, 0.717) is 5.56 Å². The van der Waals surface area contributed by atoms with Crippen LogP contribution in [0.2, 0.25) is 0 Å². The molecule has 2 aliphatic rings. The molecule has 0 N–H and O–H groups in total. The number of hydrogen-bond donors (Lipinski definition) is 0. The first-order valence-corrected chi connectivity index (χ1v) is 13.2.